The average molecular weight is 513 g/mol. The minimum Gasteiger partial charge on any atom is -0.395 e. The van der Waals surface area contributed by atoms with Crippen molar-refractivity contribution in [3.05, 3.63) is 11.6 Å². The van der Waals surface area contributed by atoms with E-state index in [2.05, 4.69) is 33.8 Å². The fourth-order valence-electron chi connectivity index (χ4n) is 10.5. The molecule has 1 N–H and O–H groups in total. The summed E-state index contributed by atoms with van der Waals surface area (Å²) < 4.78 is 5.53. The quantitative estimate of drug-likeness (QED) is 0.462. The number of hydrogen-bond acceptors (Lipinski definition) is 5. The van der Waals surface area contributed by atoms with Gasteiger partial charge in [-0.3, -0.25) is 19.3 Å². The van der Waals surface area contributed by atoms with Crippen LogP contribution in [-0.4, -0.2) is 72.1 Å². The third-order valence-electron chi connectivity index (χ3n) is 11.9. The van der Waals surface area contributed by atoms with E-state index in [1.165, 1.54) is 10.5 Å². The number of imide groups is 1. The predicted octanol–water partition coefficient (Wildman–Crippen LogP) is 3.26. The van der Waals surface area contributed by atoms with Crippen LogP contribution in [0.2, 0.25) is 0 Å². The van der Waals surface area contributed by atoms with Crippen molar-refractivity contribution in [1.82, 2.24) is 9.80 Å². The van der Waals surface area contributed by atoms with E-state index in [0.717, 1.165) is 38.5 Å². The number of morpholine rings is 1. The first-order valence-electron chi connectivity index (χ1n) is 14.7. The molecule has 2 saturated heterocycles. The van der Waals surface area contributed by atoms with E-state index in [9.17, 15) is 19.5 Å². The van der Waals surface area contributed by atoms with Crippen molar-refractivity contribution >= 4 is 17.7 Å². The van der Waals surface area contributed by atoms with Crippen LogP contribution >= 0.6 is 0 Å². The molecule has 7 nitrogen and oxygen atoms in total. The lowest BCUT2D eigenvalue weighted by Gasteiger charge is -2.68. The number of ether oxygens (including phenoxy) is 1. The molecule has 7 rings (SSSR count). The molecule has 37 heavy (non-hydrogen) atoms. The van der Waals surface area contributed by atoms with Crippen molar-refractivity contribution < 1.29 is 24.2 Å². The first-order chi connectivity index (χ1) is 17.6. The maximum atomic E-state index is 14.1. The number of fused-ring (bicyclic) bond motifs is 1. The summed E-state index contributed by atoms with van der Waals surface area (Å²) in [5, 5.41) is 9.62. The Labute approximate surface area is 221 Å². The van der Waals surface area contributed by atoms with E-state index in [4.69, 9.17) is 4.74 Å². The van der Waals surface area contributed by atoms with Crippen molar-refractivity contribution in [2.24, 2.45) is 51.8 Å². The average Bonchev–Trinajstić information content (AvgIpc) is 3.15. The summed E-state index contributed by atoms with van der Waals surface area (Å²) in [5.74, 6) is 0.524. The molecule has 0 aromatic carbocycles. The summed E-state index contributed by atoms with van der Waals surface area (Å²) in [5.41, 5.74) is 0.574. The zero-order valence-electron chi connectivity index (χ0n) is 23.0. The second-order valence-electron chi connectivity index (χ2n) is 13.6. The molecule has 0 aromatic heterocycles. The molecule has 0 unspecified atom stereocenters. The monoisotopic (exact) mass is 512 g/mol. The lowest BCUT2D eigenvalue weighted by molar-refractivity contribution is -0.192. The van der Waals surface area contributed by atoms with Crippen molar-refractivity contribution in [3.8, 4) is 0 Å². The number of carbonyl (C=O) groups is 3. The smallest absolute Gasteiger partial charge is 0.234 e. The Kier molecular flexibility index (Phi) is 5.96. The summed E-state index contributed by atoms with van der Waals surface area (Å²) in [6.45, 7) is 11.6. The number of aliphatic hydroxyl groups is 1. The number of carbonyl (C=O) groups excluding carboxylic acids is 3. The first kappa shape index (κ1) is 25.5. The molecule has 2 heterocycles. The van der Waals surface area contributed by atoms with E-state index in [0.29, 0.717) is 38.1 Å². The molecule has 7 aliphatic rings. The molecular formula is C30H44N2O5. The Morgan fingerprint density at radius 2 is 1.84 bits per heavy atom. The number of allylic oxidation sites excluding steroid dienone is 2. The Bertz CT molecular complexity index is 1030. The number of amides is 3. The van der Waals surface area contributed by atoms with Gasteiger partial charge in [-0.1, -0.05) is 45.8 Å². The highest BCUT2D eigenvalue weighted by molar-refractivity contribution is 6.06. The molecule has 204 valence electrons. The second-order valence-corrected chi connectivity index (χ2v) is 13.6. The zero-order chi connectivity index (χ0) is 26.3. The maximum Gasteiger partial charge on any atom is 0.234 e. The Hall–Kier alpha value is -1.73. The molecule has 5 fully saturated rings. The summed E-state index contributed by atoms with van der Waals surface area (Å²) in [7, 11) is 0. The van der Waals surface area contributed by atoms with Gasteiger partial charge < -0.3 is 14.7 Å². The summed E-state index contributed by atoms with van der Waals surface area (Å²) in [6.07, 6.45) is 8.20. The van der Waals surface area contributed by atoms with Crippen LogP contribution in [0, 0.1) is 51.8 Å². The van der Waals surface area contributed by atoms with Gasteiger partial charge in [0.25, 0.3) is 0 Å². The van der Waals surface area contributed by atoms with Gasteiger partial charge in [-0.15, -0.1) is 0 Å². The molecule has 3 saturated carbocycles. The van der Waals surface area contributed by atoms with Crippen LogP contribution in [0.25, 0.3) is 0 Å². The van der Waals surface area contributed by atoms with Crippen molar-refractivity contribution in [2.75, 3.05) is 39.5 Å². The molecule has 2 aliphatic heterocycles. The third kappa shape index (κ3) is 3.28. The van der Waals surface area contributed by atoms with Gasteiger partial charge in [0, 0.05) is 23.9 Å². The molecule has 0 radical (unpaired) electrons. The molecule has 5 aliphatic carbocycles. The molecule has 7 heteroatoms. The van der Waals surface area contributed by atoms with E-state index < -0.39 is 5.41 Å². The third-order valence-corrected chi connectivity index (χ3v) is 11.9. The number of rotatable bonds is 4. The van der Waals surface area contributed by atoms with Gasteiger partial charge in [-0.05, 0) is 61.2 Å². The van der Waals surface area contributed by atoms with Crippen LogP contribution in [0.15, 0.2) is 11.6 Å². The Balaban J connectivity index is 1.41. The van der Waals surface area contributed by atoms with Crippen LogP contribution in [0.5, 0.6) is 0 Å². The largest absolute Gasteiger partial charge is 0.395 e. The minimum absolute atomic E-state index is 0.0524. The second kappa shape index (κ2) is 8.64. The molecule has 8 atom stereocenters. The van der Waals surface area contributed by atoms with Crippen LogP contribution in [0.3, 0.4) is 0 Å². The topological polar surface area (TPSA) is 87.2 Å². The molecular weight excluding hydrogens is 468 g/mol. The molecule has 0 aromatic rings. The normalized spacial score (nSPS) is 45.0. The highest BCUT2D eigenvalue weighted by Gasteiger charge is 2.73. The van der Waals surface area contributed by atoms with Crippen LogP contribution in [-0.2, 0) is 19.1 Å². The van der Waals surface area contributed by atoms with Crippen molar-refractivity contribution in [3.63, 3.8) is 0 Å². The SMILES string of the molecule is CC(C)C1=C[C@@]23CC[C@@H]4[C@](C)(CCC[C@@]4(C)C(=O)N4CCOCC4)[C@H]2C[C@H]1[C@H]1C(=O)N(CCO)C(=O)[C@H]13. The highest BCUT2D eigenvalue weighted by Crippen LogP contribution is 2.74. The lowest BCUT2D eigenvalue weighted by Crippen LogP contribution is -2.66. The van der Waals surface area contributed by atoms with Crippen molar-refractivity contribution in [1.29, 1.82) is 0 Å². The molecule has 1 spiro atoms. The number of likely N-dealkylation sites (tertiary alicyclic amines) is 1. The first-order valence-corrected chi connectivity index (χ1v) is 14.7. The van der Waals surface area contributed by atoms with E-state index in [1.807, 2.05) is 4.90 Å². The van der Waals surface area contributed by atoms with Gasteiger partial charge in [0.15, 0.2) is 0 Å². The Morgan fingerprint density at radius 1 is 1.11 bits per heavy atom. The van der Waals surface area contributed by atoms with Crippen LogP contribution in [0.4, 0.5) is 0 Å². The van der Waals surface area contributed by atoms with Gasteiger partial charge in [-0.25, -0.2) is 0 Å². The fraction of sp³-hybridized carbons (Fsp3) is 0.833. The van der Waals surface area contributed by atoms with Gasteiger partial charge >= 0.3 is 0 Å². The van der Waals surface area contributed by atoms with Crippen LogP contribution in [0.1, 0.15) is 66.2 Å². The van der Waals surface area contributed by atoms with Gasteiger partial charge in [0.05, 0.1) is 38.2 Å². The number of β-amino-alcohol motifs (C(OH)–C–C–N with tert-alkyl or cyclic N) is 1. The zero-order valence-corrected chi connectivity index (χ0v) is 23.0. The van der Waals surface area contributed by atoms with Crippen molar-refractivity contribution in [2.45, 2.75) is 66.2 Å². The van der Waals surface area contributed by atoms with Gasteiger partial charge in [-0.2, -0.15) is 0 Å². The summed E-state index contributed by atoms with van der Waals surface area (Å²) in [4.78, 5) is 44.9. The summed E-state index contributed by atoms with van der Waals surface area (Å²) in [6, 6.07) is 0. The predicted molar refractivity (Wildman–Crippen MR) is 138 cm³/mol. The molecule has 3 amide bonds. The number of nitrogens with zero attached hydrogens (tertiary/aromatic N) is 2. The fourth-order valence-corrected chi connectivity index (χ4v) is 10.5. The lowest BCUT2D eigenvalue weighted by atomic mass is 9.34. The van der Waals surface area contributed by atoms with Gasteiger partial charge in [0.2, 0.25) is 17.7 Å². The summed E-state index contributed by atoms with van der Waals surface area (Å²) >= 11 is 0. The number of aliphatic hydroxyl groups excluding tert-OH is 1. The minimum atomic E-state index is -0.398. The van der Waals surface area contributed by atoms with E-state index >= 15 is 0 Å². The van der Waals surface area contributed by atoms with Gasteiger partial charge in [0.1, 0.15) is 0 Å². The van der Waals surface area contributed by atoms with E-state index in [1.54, 1.807) is 0 Å². The maximum absolute atomic E-state index is 14.1. The standard InChI is InChI=1S/C30H44N2O5/c1-18(2)20-17-30-9-6-21-28(3,7-5-8-29(21,4)27(36)31-11-14-37-15-12-31)22(30)16-19(20)23-24(30)26(35)32(10-13-33)25(23)34/h17-19,21-24,33H,5-16H2,1-4H3/t19-,21-,22-,23-,24+,28+,29-,30+/m1/s1. The van der Waals surface area contributed by atoms with E-state index in [-0.39, 0.29) is 65.4 Å². The highest BCUT2D eigenvalue weighted by atomic mass is 16.5. The molecule has 2 bridgehead atoms. The van der Waals surface area contributed by atoms with Crippen LogP contribution < -0.4 is 0 Å². The Morgan fingerprint density at radius 3 is 2.51 bits per heavy atom. The number of hydrogen-bond donors (Lipinski definition) is 1.